The molecule has 21 heavy (non-hydrogen) atoms. The molecule has 1 aromatic rings. The van der Waals surface area contributed by atoms with Gasteiger partial charge in [-0.1, -0.05) is 0 Å². The minimum absolute atomic E-state index is 0. The molecule has 2 rings (SSSR count). The number of carbonyl (C=O) groups is 1. The number of nitrogens with zero attached hydrogens (tertiary/aromatic N) is 2. The molecule has 1 atom stereocenters. The molecule has 0 saturated carbocycles. The van der Waals surface area contributed by atoms with E-state index >= 15 is 0 Å². The topological polar surface area (TPSA) is 49.6 Å². The van der Waals surface area contributed by atoms with Crippen LogP contribution in [-0.2, 0) is 4.79 Å². The second kappa shape index (κ2) is 8.36. The Labute approximate surface area is 135 Å². The molecular formula is C13H19Cl2F2N3O. The van der Waals surface area contributed by atoms with Crippen molar-refractivity contribution in [3.63, 3.8) is 0 Å². The van der Waals surface area contributed by atoms with Gasteiger partial charge in [0, 0.05) is 32.2 Å². The van der Waals surface area contributed by atoms with Gasteiger partial charge in [0.15, 0.2) is 0 Å². The minimum atomic E-state index is -0.530. The van der Waals surface area contributed by atoms with Crippen LogP contribution in [0.2, 0.25) is 0 Å². The third-order valence-electron chi connectivity index (χ3n) is 3.23. The van der Waals surface area contributed by atoms with Crippen molar-refractivity contribution in [1.82, 2.24) is 4.90 Å². The van der Waals surface area contributed by atoms with Gasteiger partial charge in [-0.05, 0) is 19.1 Å². The third kappa shape index (κ3) is 4.69. The van der Waals surface area contributed by atoms with Crippen LogP contribution in [0.15, 0.2) is 18.2 Å². The fourth-order valence-corrected chi connectivity index (χ4v) is 2.18. The molecule has 1 amide bonds. The summed E-state index contributed by atoms with van der Waals surface area (Å²) in [5.41, 5.74) is 5.79. The average molecular weight is 342 g/mol. The van der Waals surface area contributed by atoms with Crippen LogP contribution in [0.1, 0.15) is 6.92 Å². The summed E-state index contributed by atoms with van der Waals surface area (Å²) in [6.45, 7) is 3.52. The maximum atomic E-state index is 13.6. The number of hydrogen-bond acceptors (Lipinski definition) is 3. The van der Waals surface area contributed by atoms with Crippen LogP contribution < -0.4 is 10.6 Å². The number of halogens is 4. The van der Waals surface area contributed by atoms with E-state index in [1.807, 2.05) is 0 Å². The Balaban J connectivity index is 0.00000200. The van der Waals surface area contributed by atoms with Crippen LogP contribution in [0.3, 0.4) is 0 Å². The lowest BCUT2D eigenvalue weighted by Crippen LogP contribution is -2.52. The van der Waals surface area contributed by atoms with E-state index in [-0.39, 0.29) is 36.4 Å². The van der Waals surface area contributed by atoms with Crippen molar-refractivity contribution >= 4 is 36.4 Å². The molecular weight excluding hydrogens is 323 g/mol. The largest absolute Gasteiger partial charge is 0.366 e. The summed E-state index contributed by atoms with van der Waals surface area (Å²) < 4.78 is 26.8. The normalized spacial score (nSPS) is 15.8. The molecule has 0 aliphatic carbocycles. The van der Waals surface area contributed by atoms with Crippen molar-refractivity contribution in [1.29, 1.82) is 0 Å². The van der Waals surface area contributed by atoms with Crippen molar-refractivity contribution in [2.75, 3.05) is 31.1 Å². The molecule has 0 bridgehead atoms. The van der Waals surface area contributed by atoms with E-state index < -0.39 is 17.7 Å². The van der Waals surface area contributed by atoms with E-state index in [0.717, 1.165) is 12.1 Å². The van der Waals surface area contributed by atoms with Gasteiger partial charge in [0.1, 0.15) is 11.6 Å². The first-order chi connectivity index (χ1) is 8.99. The highest BCUT2D eigenvalue weighted by molar-refractivity contribution is 5.85. The zero-order valence-corrected chi connectivity index (χ0v) is 13.2. The molecule has 1 aliphatic rings. The van der Waals surface area contributed by atoms with Crippen LogP contribution in [0, 0.1) is 11.6 Å². The molecule has 4 nitrogen and oxygen atoms in total. The zero-order chi connectivity index (χ0) is 14.0. The Kier molecular flexibility index (Phi) is 7.92. The van der Waals surface area contributed by atoms with Crippen molar-refractivity contribution in [2.24, 2.45) is 5.73 Å². The minimum Gasteiger partial charge on any atom is -0.366 e. The molecule has 8 heteroatoms. The molecule has 0 spiro atoms. The Morgan fingerprint density at radius 2 is 1.76 bits per heavy atom. The standard InChI is InChI=1S/C13H17F2N3O.2ClH/c1-9(16)13(19)18-6-4-17(5-7-18)12-8-10(14)2-3-11(12)15;;/h2-3,8-9H,4-7,16H2,1H3;2*1H/t9-;;/m1../s1. The number of rotatable bonds is 2. The van der Waals surface area contributed by atoms with Crippen molar-refractivity contribution < 1.29 is 13.6 Å². The van der Waals surface area contributed by atoms with Crippen molar-refractivity contribution in [3.8, 4) is 0 Å². The highest BCUT2D eigenvalue weighted by Gasteiger charge is 2.24. The van der Waals surface area contributed by atoms with Crippen LogP contribution in [0.25, 0.3) is 0 Å². The van der Waals surface area contributed by atoms with Crippen molar-refractivity contribution in [3.05, 3.63) is 29.8 Å². The lowest BCUT2D eigenvalue weighted by molar-refractivity contribution is -0.132. The molecule has 1 fully saturated rings. The molecule has 0 aromatic heterocycles. The Hall–Kier alpha value is -1.11. The van der Waals surface area contributed by atoms with Crippen LogP contribution in [0.5, 0.6) is 0 Å². The number of hydrogen-bond donors (Lipinski definition) is 1. The van der Waals surface area contributed by atoms with Gasteiger partial charge in [0.2, 0.25) is 5.91 Å². The SMILES string of the molecule is C[C@@H](N)C(=O)N1CCN(c2cc(F)ccc2F)CC1.Cl.Cl. The summed E-state index contributed by atoms with van der Waals surface area (Å²) in [5.74, 6) is -1.03. The van der Waals surface area contributed by atoms with Gasteiger partial charge in [0.25, 0.3) is 0 Å². The highest BCUT2D eigenvalue weighted by atomic mass is 35.5. The average Bonchev–Trinajstić information content (AvgIpc) is 2.41. The maximum Gasteiger partial charge on any atom is 0.239 e. The summed E-state index contributed by atoms with van der Waals surface area (Å²) in [6.07, 6.45) is 0. The van der Waals surface area contributed by atoms with E-state index in [9.17, 15) is 13.6 Å². The highest BCUT2D eigenvalue weighted by Crippen LogP contribution is 2.21. The lowest BCUT2D eigenvalue weighted by atomic mass is 10.2. The van der Waals surface area contributed by atoms with Gasteiger partial charge in [0.05, 0.1) is 11.7 Å². The molecule has 120 valence electrons. The number of nitrogens with two attached hydrogens (primary N) is 1. The summed E-state index contributed by atoms with van der Waals surface area (Å²) in [6, 6.07) is 2.86. The summed E-state index contributed by atoms with van der Waals surface area (Å²) in [5, 5.41) is 0. The molecule has 0 unspecified atom stereocenters. The second-order valence-corrected chi connectivity index (χ2v) is 4.70. The van der Waals surface area contributed by atoms with E-state index in [2.05, 4.69) is 0 Å². The van der Waals surface area contributed by atoms with E-state index in [1.54, 1.807) is 16.7 Å². The maximum absolute atomic E-state index is 13.6. The monoisotopic (exact) mass is 341 g/mol. The van der Waals surface area contributed by atoms with Gasteiger partial charge in [-0.15, -0.1) is 24.8 Å². The first-order valence-corrected chi connectivity index (χ1v) is 6.23. The summed E-state index contributed by atoms with van der Waals surface area (Å²) >= 11 is 0. The Bertz CT molecular complexity index is 480. The molecule has 1 aromatic carbocycles. The Morgan fingerprint density at radius 3 is 2.29 bits per heavy atom. The number of carbonyl (C=O) groups excluding carboxylic acids is 1. The van der Waals surface area contributed by atoms with Gasteiger partial charge in [-0.25, -0.2) is 8.78 Å². The molecule has 2 N–H and O–H groups in total. The van der Waals surface area contributed by atoms with Crippen LogP contribution in [0.4, 0.5) is 14.5 Å². The fraction of sp³-hybridized carbons (Fsp3) is 0.462. The molecule has 1 saturated heterocycles. The van der Waals surface area contributed by atoms with Crippen LogP contribution in [-0.4, -0.2) is 43.0 Å². The second-order valence-electron chi connectivity index (χ2n) is 4.70. The van der Waals surface area contributed by atoms with Gasteiger partial charge >= 0.3 is 0 Å². The molecule has 1 aliphatic heterocycles. The molecule has 0 radical (unpaired) electrons. The van der Waals surface area contributed by atoms with Gasteiger partial charge in [-0.3, -0.25) is 4.79 Å². The third-order valence-corrected chi connectivity index (χ3v) is 3.23. The van der Waals surface area contributed by atoms with E-state index in [0.29, 0.717) is 26.2 Å². The summed E-state index contributed by atoms with van der Waals surface area (Å²) in [4.78, 5) is 15.1. The zero-order valence-electron chi connectivity index (χ0n) is 11.6. The molecule has 1 heterocycles. The predicted molar refractivity (Wildman–Crippen MR) is 83.3 cm³/mol. The predicted octanol–water partition coefficient (Wildman–Crippen LogP) is 1.80. The van der Waals surface area contributed by atoms with Crippen molar-refractivity contribution in [2.45, 2.75) is 13.0 Å². The number of piperazine rings is 1. The van der Waals surface area contributed by atoms with E-state index in [1.165, 1.54) is 6.07 Å². The Morgan fingerprint density at radius 1 is 1.19 bits per heavy atom. The summed E-state index contributed by atoms with van der Waals surface area (Å²) in [7, 11) is 0. The first-order valence-electron chi connectivity index (χ1n) is 6.23. The fourth-order valence-electron chi connectivity index (χ4n) is 2.18. The van der Waals surface area contributed by atoms with E-state index in [4.69, 9.17) is 5.73 Å². The van der Waals surface area contributed by atoms with Crippen LogP contribution >= 0.6 is 24.8 Å². The van der Waals surface area contributed by atoms with Gasteiger partial charge < -0.3 is 15.5 Å². The quantitative estimate of drug-likeness (QED) is 0.892. The van der Waals surface area contributed by atoms with Gasteiger partial charge in [-0.2, -0.15) is 0 Å². The number of amides is 1. The first kappa shape index (κ1) is 19.9. The number of anilines is 1. The lowest BCUT2D eigenvalue weighted by Gasteiger charge is -2.36. The number of benzene rings is 1. The smallest absolute Gasteiger partial charge is 0.239 e.